The Balaban J connectivity index is 0.00000176. The molecule has 1 aromatic carbocycles. The number of Topliss-reactive ketones (excluding diaryl/α,β-unsaturated/α-hetero) is 1. The van der Waals surface area contributed by atoms with Crippen LogP contribution in [-0.2, 0) is 17.6 Å². The number of nitrogens with one attached hydrogen (secondary N) is 3. The van der Waals surface area contributed by atoms with Crippen molar-refractivity contribution in [3.63, 3.8) is 0 Å². The highest BCUT2D eigenvalue weighted by Gasteiger charge is 2.26. The molecule has 3 N–H and O–H groups in total. The predicted octanol–water partition coefficient (Wildman–Crippen LogP) is 5.27. The van der Waals surface area contributed by atoms with E-state index in [0.717, 1.165) is 24.1 Å². The van der Waals surface area contributed by atoms with Crippen LogP contribution in [0.15, 0.2) is 30.5 Å². The number of fused-ring (bicyclic) bond motifs is 1. The van der Waals surface area contributed by atoms with Crippen molar-refractivity contribution in [1.29, 1.82) is 0 Å². The molecule has 7 nitrogen and oxygen atoms in total. The molecule has 1 aliphatic carbocycles. The van der Waals surface area contributed by atoms with Gasteiger partial charge in [-0.25, -0.2) is 4.79 Å². The Bertz CT molecular complexity index is 939. The first-order valence-corrected chi connectivity index (χ1v) is 11.3. The van der Waals surface area contributed by atoms with E-state index in [1.807, 2.05) is 65.8 Å². The summed E-state index contributed by atoms with van der Waals surface area (Å²) < 4.78 is 5.27. The second-order valence-electron chi connectivity index (χ2n) is 8.74. The van der Waals surface area contributed by atoms with Gasteiger partial charge < -0.3 is 20.4 Å². The summed E-state index contributed by atoms with van der Waals surface area (Å²) in [6, 6.07) is 7.34. The van der Waals surface area contributed by atoms with E-state index in [9.17, 15) is 14.4 Å². The summed E-state index contributed by atoms with van der Waals surface area (Å²) in [5.74, 6) is -0.278. The summed E-state index contributed by atoms with van der Waals surface area (Å²) in [5.41, 5.74) is 2.90. The van der Waals surface area contributed by atoms with Crippen molar-refractivity contribution in [2.75, 3.05) is 5.32 Å². The molecule has 174 valence electrons. The monoisotopic (exact) mass is 441 g/mol. The number of anilines is 1. The maximum Gasteiger partial charge on any atom is 0.407 e. The summed E-state index contributed by atoms with van der Waals surface area (Å²) in [6.07, 6.45) is 3.89. The van der Waals surface area contributed by atoms with Gasteiger partial charge in [0, 0.05) is 30.0 Å². The topological polar surface area (TPSA) is 100 Å². The Hall–Kier alpha value is -3.09. The number of aryl methyl sites for hydroxylation is 1. The Morgan fingerprint density at radius 1 is 1.12 bits per heavy atom. The van der Waals surface area contributed by atoms with E-state index in [1.165, 1.54) is 0 Å². The van der Waals surface area contributed by atoms with Gasteiger partial charge >= 0.3 is 6.09 Å². The highest BCUT2D eigenvalue weighted by Crippen LogP contribution is 2.25. The molecule has 0 bridgehead atoms. The van der Waals surface area contributed by atoms with Crippen molar-refractivity contribution < 1.29 is 19.1 Å². The second kappa shape index (κ2) is 11.0. The lowest BCUT2D eigenvalue weighted by Gasteiger charge is -2.22. The van der Waals surface area contributed by atoms with E-state index in [2.05, 4.69) is 15.6 Å². The SMILES string of the molecule is CC.CC(Cc1ccc(NC(=O)c2c[nH]c3c2C(=O)CCC3)cc1)NC(=O)OC(C)(C)C. The summed E-state index contributed by atoms with van der Waals surface area (Å²) in [4.78, 5) is 39.8. The van der Waals surface area contributed by atoms with Gasteiger partial charge in [0.25, 0.3) is 5.91 Å². The molecule has 0 saturated carbocycles. The molecule has 1 atom stereocenters. The highest BCUT2D eigenvalue weighted by atomic mass is 16.6. The number of benzene rings is 1. The lowest BCUT2D eigenvalue weighted by Crippen LogP contribution is -2.38. The minimum atomic E-state index is -0.535. The minimum absolute atomic E-state index is 0.0180. The molecule has 1 unspecified atom stereocenters. The van der Waals surface area contributed by atoms with Crippen molar-refractivity contribution in [2.45, 2.75) is 78.9 Å². The molecule has 0 aliphatic heterocycles. The number of aromatic nitrogens is 1. The van der Waals surface area contributed by atoms with Crippen molar-refractivity contribution in [3.05, 3.63) is 52.8 Å². The van der Waals surface area contributed by atoms with Crippen LogP contribution in [0, 0.1) is 0 Å². The number of alkyl carbamates (subject to hydrolysis) is 1. The molecule has 3 rings (SSSR count). The van der Waals surface area contributed by atoms with Gasteiger partial charge in [0.2, 0.25) is 0 Å². The smallest absolute Gasteiger partial charge is 0.407 e. The molecule has 32 heavy (non-hydrogen) atoms. The van der Waals surface area contributed by atoms with Crippen molar-refractivity contribution in [3.8, 4) is 0 Å². The average molecular weight is 442 g/mol. The van der Waals surface area contributed by atoms with Gasteiger partial charge in [0.1, 0.15) is 5.60 Å². The van der Waals surface area contributed by atoms with Crippen LogP contribution in [0.1, 0.15) is 86.4 Å². The van der Waals surface area contributed by atoms with Crippen LogP contribution in [0.3, 0.4) is 0 Å². The van der Waals surface area contributed by atoms with Gasteiger partial charge in [-0.2, -0.15) is 0 Å². The first-order chi connectivity index (χ1) is 15.1. The molecule has 1 aromatic heterocycles. The molecule has 1 aliphatic rings. The van der Waals surface area contributed by atoms with E-state index in [0.29, 0.717) is 29.7 Å². The quantitative estimate of drug-likeness (QED) is 0.588. The molecular formula is C25H35N3O4. The lowest BCUT2D eigenvalue weighted by atomic mass is 9.93. The molecule has 0 saturated heterocycles. The van der Waals surface area contributed by atoms with Crippen LogP contribution in [0.4, 0.5) is 10.5 Å². The highest BCUT2D eigenvalue weighted by molar-refractivity contribution is 6.13. The number of H-pyrrole nitrogens is 1. The number of hydrogen-bond donors (Lipinski definition) is 3. The van der Waals surface area contributed by atoms with Crippen LogP contribution >= 0.6 is 0 Å². The fourth-order valence-corrected chi connectivity index (χ4v) is 3.55. The van der Waals surface area contributed by atoms with E-state index >= 15 is 0 Å². The zero-order valence-electron chi connectivity index (χ0n) is 19.9. The zero-order chi connectivity index (χ0) is 23.9. The molecule has 2 amide bonds. The number of ketones is 1. The van der Waals surface area contributed by atoms with Crippen LogP contribution in [0.2, 0.25) is 0 Å². The van der Waals surface area contributed by atoms with E-state index in [1.54, 1.807) is 6.20 Å². The van der Waals surface area contributed by atoms with Gasteiger partial charge in [0.15, 0.2) is 5.78 Å². The van der Waals surface area contributed by atoms with Crippen molar-refractivity contribution >= 4 is 23.5 Å². The zero-order valence-corrected chi connectivity index (χ0v) is 19.9. The predicted molar refractivity (Wildman–Crippen MR) is 126 cm³/mol. The van der Waals surface area contributed by atoms with Gasteiger partial charge in [-0.1, -0.05) is 26.0 Å². The van der Waals surface area contributed by atoms with E-state index in [4.69, 9.17) is 4.74 Å². The molecule has 0 fully saturated rings. The molecular weight excluding hydrogens is 406 g/mol. The fourth-order valence-electron chi connectivity index (χ4n) is 3.55. The number of carbonyl (C=O) groups excluding carboxylic acids is 3. The number of carbonyl (C=O) groups is 3. The molecule has 1 heterocycles. The number of aromatic amines is 1. The number of amides is 2. The second-order valence-corrected chi connectivity index (χ2v) is 8.74. The van der Waals surface area contributed by atoms with Gasteiger partial charge in [-0.15, -0.1) is 0 Å². The maximum absolute atomic E-state index is 12.6. The third-order valence-corrected chi connectivity index (χ3v) is 4.83. The van der Waals surface area contributed by atoms with Crippen LogP contribution in [-0.4, -0.2) is 34.4 Å². The van der Waals surface area contributed by atoms with Gasteiger partial charge in [0.05, 0.1) is 11.1 Å². The number of ether oxygens (including phenoxy) is 1. The van der Waals surface area contributed by atoms with Crippen molar-refractivity contribution in [2.24, 2.45) is 0 Å². The largest absolute Gasteiger partial charge is 0.444 e. The summed E-state index contributed by atoms with van der Waals surface area (Å²) in [5, 5.41) is 5.67. The Morgan fingerprint density at radius 2 is 1.78 bits per heavy atom. The number of rotatable bonds is 5. The third kappa shape index (κ3) is 6.97. The number of hydrogen-bond acceptors (Lipinski definition) is 4. The molecule has 2 aromatic rings. The standard InChI is InChI=1S/C23H29N3O4.C2H6/c1-14(25-22(29)30-23(2,3)4)12-15-8-10-16(11-9-15)26-21(28)17-13-24-18-6-5-7-19(27)20(17)18;1-2/h8-11,13-14,24H,5-7,12H2,1-4H3,(H,25,29)(H,26,28);1-2H3. The van der Waals surface area contributed by atoms with Crippen LogP contribution < -0.4 is 10.6 Å². The fraction of sp³-hybridized carbons (Fsp3) is 0.480. The summed E-state index contributed by atoms with van der Waals surface area (Å²) in [7, 11) is 0. The molecule has 0 spiro atoms. The maximum atomic E-state index is 12.6. The normalized spacial score (nSPS) is 13.9. The summed E-state index contributed by atoms with van der Waals surface area (Å²) in [6.45, 7) is 11.4. The van der Waals surface area contributed by atoms with Crippen LogP contribution in [0.25, 0.3) is 0 Å². The van der Waals surface area contributed by atoms with Gasteiger partial charge in [-0.05, 0) is 64.7 Å². The van der Waals surface area contributed by atoms with Gasteiger partial charge in [-0.3, -0.25) is 9.59 Å². The Kier molecular flexibility index (Phi) is 8.63. The van der Waals surface area contributed by atoms with Crippen molar-refractivity contribution in [1.82, 2.24) is 10.3 Å². The first-order valence-electron chi connectivity index (χ1n) is 11.3. The minimum Gasteiger partial charge on any atom is -0.444 e. The van der Waals surface area contributed by atoms with Crippen LogP contribution in [0.5, 0.6) is 0 Å². The Labute approximate surface area is 190 Å². The Morgan fingerprint density at radius 3 is 2.41 bits per heavy atom. The lowest BCUT2D eigenvalue weighted by molar-refractivity contribution is 0.0508. The molecule has 7 heteroatoms. The summed E-state index contributed by atoms with van der Waals surface area (Å²) >= 11 is 0. The first kappa shape index (κ1) is 25.2. The van der Waals surface area contributed by atoms with E-state index < -0.39 is 11.7 Å². The van der Waals surface area contributed by atoms with E-state index in [-0.39, 0.29) is 17.7 Å². The average Bonchev–Trinajstić information content (AvgIpc) is 3.15. The third-order valence-electron chi connectivity index (χ3n) is 4.83. The molecule has 0 radical (unpaired) electrons.